The highest BCUT2D eigenvalue weighted by molar-refractivity contribution is 7.89. The average Bonchev–Trinajstić information content (AvgIpc) is 3.24. The summed E-state index contributed by atoms with van der Waals surface area (Å²) in [4.78, 5) is 2.68. The molecule has 32 heavy (non-hydrogen) atoms. The first-order chi connectivity index (χ1) is 15.3. The fourth-order valence-corrected chi connectivity index (χ4v) is 6.50. The van der Waals surface area contributed by atoms with E-state index in [4.69, 9.17) is 27.9 Å². The molecule has 1 heterocycles. The number of halogens is 2. The van der Waals surface area contributed by atoms with Gasteiger partial charge in [-0.05, 0) is 80.9 Å². The minimum absolute atomic E-state index is 0.0588. The lowest BCUT2D eigenvalue weighted by Crippen LogP contribution is -2.42. The van der Waals surface area contributed by atoms with E-state index in [-0.39, 0.29) is 16.9 Å². The minimum Gasteiger partial charge on any atom is -0.489 e. The van der Waals surface area contributed by atoms with E-state index in [0.29, 0.717) is 22.2 Å². The third-order valence-corrected chi connectivity index (χ3v) is 9.35. The smallest absolute Gasteiger partial charge is 0.243 e. The number of nitrogens with zero attached hydrogens (tertiary/aromatic N) is 2. The molecule has 2 aromatic carbocycles. The molecule has 2 fully saturated rings. The van der Waals surface area contributed by atoms with E-state index in [1.165, 1.54) is 17.1 Å². The molecule has 1 aliphatic carbocycles. The molecule has 0 aromatic heterocycles. The summed E-state index contributed by atoms with van der Waals surface area (Å²) < 4.78 is 33.6. The molecule has 0 bridgehead atoms. The Hall–Kier alpha value is -1.31. The molecule has 4 rings (SSSR count). The lowest BCUT2D eigenvalue weighted by Gasteiger charge is -2.37. The number of sulfonamides is 1. The third kappa shape index (κ3) is 5.10. The first-order valence-corrected chi connectivity index (χ1v) is 13.3. The van der Waals surface area contributed by atoms with Crippen LogP contribution < -0.4 is 4.74 Å². The maximum absolute atomic E-state index is 13.0. The predicted octanol–water partition coefficient (Wildman–Crippen LogP) is 5.38. The Morgan fingerprint density at radius 3 is 2.50 bits per heavy atom. The van der Waals surface area contributed by atoms with Crippen molar-refractivity contribution in [3.8, 4) is 5.75 Å². The van der Waals surface area contributed by atoms with Crippen LogP contribution in [-0.4, -0.2) is 50.4 Å². The van der Waals surface area contributed by atoms with E-state index in [2.05, 4.69) is 11.0 Å². The normalized spacial score (nSPS) is 21.7. The summed E-state index contributed by atoms with van der Waals surface area (Å²) in [5.41, 5.74) is 1.68. The molecule has 5 nitrogen and oxygen atoms in total. The Bertz CT molecular complexity index is 1060. The van der Waals surface area contributed by atoms with E-state index in [9.17, 15) is 8.42 Å². The Labute approximate surface area is 201 Å². The molecule has 1 saturated carbocycles. The van der Waals surface area contributed by atoms with Crippen molar-refractivity contribution in [1.82, 2.24) is 9.21 Å². The average molecular weight is 497 g/mol. The number of hydrogen-bond donors (Lipinski definition) is 0. The molecular weight excluding hydrogens is 467 g/mol. The highest BCUT2D eigenvalue weighted by Gasteiger charge is 2.35. The molecule has 2 aromatic rings. The van der Waals surface area contributed by atoms with Gasteiger partial charge in [0.15, 0.2) is 0 Å². The zero-order valence-electron chi connectivity index (χ0n) is 18.6. The molecular formula is C24H30Cl2N2O3S. The van der Waals surface area contributed by atoms with E-state index in [1.54, 1.807) is 32.2 Å². The van der Waals surface area contributed by atoms with Gasteiger partial charge in [0.1, 0.15) is 5.75 Å². The summed E-state index contributed by atoms with van der Waals surface area (Å²) in [7, 11) is -1.95. The molecule has 2 aliphatic rings. The van der Waals surface area contributed by atoms with Gasteiger partial charge in [0.25, 0.3) is 0 Å². The van der Waals surface area contributed by atoms with E-state index in [1.807, 2.05) is 12.1 Å². The second-order valence-electron chi connectivity index (χ2n) is 8.94. The second-order valence-corrected chi connectivity index (χ2v) is 11.7. The van der Waals surface area contributed by atoms with Crippen LogP contribution in [0.1, 0.15) is 36.8 Å². The van der Waals surface area contributed by atoms with Crippen LogP contribution in [0.3, 0.4) is 0 Å². The Balaban J connectivity index is 1.32. The molecule has 0 N–H and O–H groups in total. The molecule has 174 valence electrons. The molecule has 0 unspecified atom stereocenters. The van der Waals surface area contributed by atoms with Crippen molar-refractivity contribution >= 4 is 33.2 Å². The number of likely N-dealkylation sites (tertiary alicyclic amines) is 1. The highest BCUT2D eigenvalue weighted by atomic mass is 35.5. The van der Waals surface area contributed by atoms with Gasteiger partial charge < -0.3 is 4.74 Å². The van der Waals surface area contributed by atoms with Gasteiger partial charge in [0.2, 0.25) is 10.0 Å². The zero-order chi connectivity index (χ0) is 22.9. The van der Waals surface area contributed by atoms with Crippen molar-refractivity contribution in [3.05, 3.63) is 57.6 Å². The SMILES string of the molecule is Cc1c(Cl)cccc1S(=O)(=O)N(C)CC1CC(Oc2cccc(CN3CCCC3)c2Cl)C1. The minimum atomic E-state index is -3.58. The number of benzene rings is 2. The van der Waals surface area contributed by atoms with Crippen molar-refractivity contribution in [1.29, 1.82) is 0 Å². The summed E-state index contributed by atoms with van der Waals surface area (Å²) >= 11 is 12.8. The Morgan fingerprint density at radius 2 is 1.78 bits per heavy atom. The van der Waals surface area contributed by atoms with Crippen molar-refractivity contribution in [2.75, 3.05) is 26.7 Å². The van der Waals surface area contributed by atoms with Gasteiger partial charge in [-0.25, -0.2) is 12.7 Å². The number of ether oxygens (including phenoxy) is 1. The molecule has 0 radical (unpaired) electrons. The summed E-state index contributed by atoms with van der Waals surface area (Å²) in [6.45, 7) is 5.29. The standard InChI is InChI=1S/C24H30Cl2N2O3S/c1-17-21(25)8-6-10-23(17)32(29,30)27(2)15-18-13-20(14-18)31-22-9-5-7-19(24(22)26)16-28-11-3-4-12-28/h5-10,18,20H,3-4,11-16H2,1-2H3. The van der Waals surface area contributed by atoms with Gasteiger partial charge in [-0.15, -0.1) is 0 Å². The lowest BCUT2D eigenvalue weighted by atomic mass is 9.82. The van der Waals surface area contributed by atoms with Crippen LogP contribution in [-0.2, 0) is 16.6 Å². The van der Waals surface area contributed by atoms with Crippen LogP contribution >= 0.6 is 23.2 Å². The highest BCUT2D eigenvalue weighted by Crippen LogP contribution is 2.37. The number of hydrogen-bond acceptors (Lipinski definition) is 4. The van der Waals surface area contributed by atoms with Crippen molar-refractivity contribution in [2.24, 2.45) is 5.92 Å². The van der Waals surface area contributed by atoms with E-state index in [0.717, 1.165) is 43.8 Å². The second kappa shape index (κ2) is 9.90. The summed E-state index contributed by atoms with van der Waals surface area (Å²) in [6, 6.07) is 11.0. The quantitative estimate of drug-likeness (QED) is 0.492. The molecule has 8 heteroatoms. The number of rotatable bonds is 8. The monoisotopic (exact) mass is 496 g/mol. The Morgan fingerprint density at radius 1 is 1.09 bits per heavy atom. The molecule has 0 atom stereocenters. The fourth-order valence-electron chi connectivity index (χ4n) is 4.55. The van der Waals surface area contributed by atoms with Gasteiger partial charge in [-0.3, -0.25) is 4.90 Å². The first kappa shape index (κ1) is 23.8. The maximum atomic E-state index is 13.0. The predicted molar refractivity (Wildman–Crippen MR) is 129 cm³/mol. The maximum Gasteiger partial charge on any atom is 0.243 e. The van der Waals surface area contributed by atoms with Crippen molar-refractivity contribution in [3.63, 3.8) is 0 Å². The zero-order valence-corrected chi connectivity index (χ0v) is 20.9. The van der Waals surface area contributed by atoms with Crippen molar-refractivity contribution in [2.45, 2.75) is 50.2 Å². The van der Waals surface area contributed by atoms with Gasteiger partial charge in [-0.1, -0.05) is 41.4 Å². The largest absolute Gasteiger partial charge is 0.489 e. The van der Waals surface area contributed by atoms with Gasteiger partial charge in [0.05, 0.1) is 16.0 Å². The van der Waals surface area contributed by atoms with Gasteiger partial charge >= 0.3 is 0 Å². The molecule has 1 aliphatic heterocycles. The summed E-state index contributed by atoms with van der Waals surface area (Å²) in [5, 5.41) is 1.15. The molecule has 0 amide bonds. The first-order valence-electron chi connectivity index (χ1n) is 11.1. The topological polar surface area (TPSA) is 49.9 Å². The summed E-state index contributed by atoms with van der Waals surface area (Å²) in [6.07, 6.45) is 4.17. The van der Waals surface area contributed by atoms with E-state index >= 15 is 0 Å². The molecule has 1 saturated heterocycles. The van der Waals surface area contributed by atoms with Crippen LogP contribution in [0.15, 0.2) is 41.3 Å². The van der Waals surface area contributed by atoms with Gasteiger partial charge in [0, 0.05) is 25.2 Å². The third-order valence-electron chi connectivity index (χ3n) is 6.54. The van der Waals surface area contributed by atoms with E-state index < -0.39 is 10.0 Å². The summed E-state index contributed by atoms with van der Waals surface area (Å²) in [5.74, 6) is 0.980. The van der Waals surface area contributed by atoms with Crippen LogP contribution in [0.5, 0.6) is 5.75 Å². The van der Waals surface area contributed by atoms with Gasteiger partial charge in [-0.2, -0.15) is 0 Å². The van der Waals surface area contributed by atoms with Crippen LogP contribution in [0.4, 0.5) is 0 Å². The van der Waals surface area contributed by atoms with Crippen LogP contribution in [0, 0.1) is 12.8 Å². The Kier molecular flexibility index (Phi) is 7.37. The molecule has 0 spiro atoms. The van der Waals surface area contributed by atoms with Crippen LogP contribution in [0.2, 0.25) is 10.0 Å². The fraction of sp³-hybridized carbons (Fsp3) is 0.500. The van der Waals surface area contributed by atoms with Crippen LogP contribution in [0.25, 0.3) is 0 Å². The van der Waals surface area contributed by atoms with Crippen molar-refractivity contribution < 1.29 is 13.2 Å². The lowest BCUT2D eigenvalue weighted by molar-refractivity contribution is 0.0575.